The van der Waals surface area contributed by atoms with E-state index in [1.165, 1.54) is 11.8 Å². The molecule has 2 aromatic carbocycles. The summed E-state index contributed by atoms with van der Waals surface area (Å²) in [6.45, 7) is 8.71. The maximum absolute atomic E-state index is 12.4. The highest BCUT2D eigenvalue weighted by atomic mass is 35.5. The molecule has 1 N–H and O–H groups in total. The minimum atomic E-state index is -0.133. The molecule has 0 bridgehead atoms. The molecule has 0 fully saturated rings. The number of carbonyl (C=O) groups is 1. The Morgan fingerprint density at radius 2 is 1.87 bits per heavy atom. The van der Waals surface area contributed by atoms with Gasteiger partial charge < -0.3 is 14.6 Å². The lowest BCUT2D eigenvalue weighted by Crippen LogP contribution is -2.15. The summed E-state index contributed by atoms with van der Waals surface area (Å²) in [5.74, 6) is 1.50. The summed E-state index contributed by atoms with van der Waals surface area (Å²) in [4.78, 5) is 12.4. The second-order valence-corrected chi connectivity index (χ2v) is 8.78. The minimum Gasteiger partial charge on any atom is -0.486 e. The highest BCUT2D eigenvalue weighted by Gasteiger charge is 2.15. The predicted molar refractivity (Wildman–Crippen MR) is 126 cm³/mol. The molecule has 0 aliphatic carbocycles. The number of nitrogens with one attached hydrogen (secondary N) is 1. The average molecular weight is 479 g/mol. The Hall–Kier alpha value is -2.22. The number of halogens is 2. The van der Waals surface area contributed by atoms with Gasteiger partial charge in [0.2, 0.25) is 5.91 Å². The van der Waals surface area contributed by atoms with Crippen molar-refractivity contribution in [3.05, 3.63) is 62.9 Å². The fraction of sp³-hybridized carbons (Fsp3) is 0.318. The maximum atomic E-state index is 12.4. The summed E-state index contributed by atoms with van der Waals surface area (Å²) in [6, 6.07) is 9.23. The summed E-state index contributed by atoms with van der Waals surface area (Å²) in [7, 11) is 0. The van der Waals surface area contributed by atoms with Crippen LogP contribution in [-0.4, -0.2) is 26.4 Å². The standard InChI is InChI=1S/C22H24Cl2N4O2S/c1-5-28-19(11-30-16-9-13(2)21(24)14(3)10-16)26-27-22(28)31-12-20(29)25-18-8-6-7-17(23)15(18)4/h6-10H,5,11-12H2,1-4H3,(H,25,29). The molecular formula is C22H24Cl2N4O2S. The van der Waals surface area contributed by atoms with E-state index in [0.29, 0.717) is 28.2 Å². The Morgan fingerprint density at radius 1 is 1.16 bits per heavy atom. The molecule has 0 aliphatic rings. The van der Waals surface area contributed by atoms with Gasteiger partial charge in [-0.2, -0.15) is 0 Å². The van der Waals surface area contributed by atoms with Crippen LogP contribution in [0.5, 0.6) is 5.75 Å². The minimum absolute atomic E-state index is 0.133. The molecule has 0 aliphatic heterocycles. The molecule has 0 atom stereocenters. The lowest BCUT2D eigenvalue weighted by Gasteiger charge is -2.11. The van der Waals surface area contributed by atoms with Crippen LogP contribution in [0.15, 0.2) is 35.5 Å². The summed E-state index contributed by atoms with van der Waals surface area (Å²) < 4.78 is 7.85. The lowest BCUT2D eigenvalue weighted by atomic mass is 10.1. The fourth-order valence-corrected chi connectivity index (χ4v) is 4.15. The van der Waals surface area contributed by atoms with Crippen LogP contribution in [0.2, 0.25) is 10.0 Å². The van der Waals surface area contributed by atoms with E-state index in [2.05, 4.69) is 15.5 Å². The molecule has 1 amide bonds. The van der Waals surface area contributed by atoms with E-state index in [-0.39, 0.29) is 18.3 Å². The maximum Gasteiger partial charge on any atom is 0.234 e. The lowest BCUT2D eigenvalue weighted by molar-refractivity contribution is -0.113. The number of nitrogens with zero attached hydrogens (tertiary/aromatic N) is 3. The van der Waals surface area contributed by atoms with Crippen LogP contribution in [0.3, 0.4) is 0 Å². The SMILES string of the molecule is CCn1c(COc2cc(C)c(Cl)c(C)c2)nnc1SCC(=O)Nc1cccc(Cl)c1C. The van der Waals surface area contributed by atoms with Gasteiger partial charge in [-0.3, -0.25) is 4.79 Å². The third kappa shape index (κ3) is 5.73. The number of carbonyl (C=O) groups excluding carboxylic acids is 1. The number of hydrogen-bond donors (Lipinski definition) is 1. The fourth-order valence-electron chi connectivity index (χ4n) is 3.05. The normalized spacial score (nSPS) is 10.9. The second kappa shape index (κ2) is 10.4. The van der Waals surface area contributed by atoms with Crippen LogP contribution in [0.25, 0.3) is 0 Å². The van der Waals surface area contributed by atoms with Gasteiger partial charge in [0, 0.05) is 22.3 Å². The Labute approximate surface area is 196 Å². The van der Waals surface area contributed by atoms with Crippen molar-refractivity contribution in [2.75, 3.05) is 11.1 Å². The van der Waals surface area contributed by atoms with Crippen LogP contribution in [0.1, 0.15) is 29.4 Å². The second-order valence-electron chi connectivity index (χ2n) is 7.05. The van der Waals surface area contributed by atoms with Gasteiger partial charge >= 0.3 is 0 Å². The van der Waals surface area contributed by atoms with E-state index >= 15 is 0 Å². The number of ether oxygens (including phenoxy) is 1. The predicted octanol–water partition coefficient (Wildman–Crippen LogP) is 5.84. The summed E-state index contributed by atoms with van der Waals surface area (Å²) in [5.41, 5.74) is 3.47. The Kier molecular flexibility index (Phi) is 7.86. The monoisotopic (exact) mass is 478 g/mol. The highest BCUT2D eigenvalue weighted by Crippen LogP contribution is 2.27. The van der Waals surface area contributed by atoms with Gasteiger partial charge in [-0.05, 0) is 68.7 Å². The van der Waals surface area contributed by atoms with E-state index < -0.39 is 0 Å². The number of rotatable bonds is 8. The molecule has 3 aromatic rings. The number of aryl methyl sites for hydroxylation is 2. The molecule has 1 heterocycles. The topological polar surface area (TPSA) is 69.0 Å². The van der Waals surface area contributed by atoms with E-state index in [1.807, 2.05) is 56.5 Å². The average Bonchev–Trinajstić information content (AvgIpc) is 3.14. The molecule has 0 radical (unpaired) electrons. The van der Waals surface area contributed by atoms with Crippen LogP contribution < -0.4 is 10.1 Å². The number of benzene rings is 2. The van der Waals surface area contributed by atoms with Crippen molar-refractivity contribution in [2.45, 2.75) is 46.0 Å². The Balaban J connectivity index is 1.62. The van der Waals surface area contributed by atoms with Gasteiger partial charge in [0.15, 0.2) is 11.0 Å². The molecule has 9 heteroatoms. The van der Waals surface area contributed by atoms with Crippen LogP contribution in [0.4, 0.5) is 5.69 Å². The van der Waals surface area contributed by atoms with Crippen LogP contribution in [0, 0.1) is 20.8 Å². The molecule has 0 saturated heterocycles. The van der Waals surface area contributed by atoms with Gasteiger partial charge in [-0.15, -0.1) is 10.2 Å². The van der Waals surface area contributed by atoms with Crippen molar-refractivity contribution >= 4 is 46.6 Å². The van der Waals surface area contributed by atoms with Crippen molar-refractivity contribution in [3.8, 4) is 5.75 Å². The molecule has 0 spiro atoms. The zero-order chi connectivity index (χ0) is 22.5. The van der Waals surface area contributed by atoms with Gasteiger partial charge in [-0.25, -0.2) is 0 Å². The van der Waals surface area contributed by atoms with E-state index in [0.717, 1.165) is 27.5 Å². The highest BCUT2D eigenvalue weighted by molar-refractivity contribution is 7.99. The van der Waals surface area contributed by atoms with Crippen molar-refractivity contribution in [1.82, 2.24) is 14.8 Å². The first-order chi connectivity index (χ1) is 14.8. The van der Waals surface area contributed by atoms with E-state index in [9.17, 15) is 4.79 Å². The first-order valence-corrected chi connectivity index (χ1v) is 11.5. The van der Waals surface area contributed by atoms with Crippen LogP contribution in [-0.2, 0) is 17.9 Å². The number of anilines is 1. The Bertz CT molecular complexity index is 1080. The molecule has 3 rings (SSSR count). The molecule has 0 unspecified atom stereocenters. The van der Waals surface area contributed by atoms with Crippen molar-refractivity contribution in [3.63, 3.8) is 0 Å². The molecule has 0 saturated carbocycles. The van der Waals surface area contributed by atoms with Gasteiger partial charge in [0.05, 0.1) is 5.75 Å². The molecular weight excluding hydrogens is 455 g/mol. The van der Waals surface area contributed by atoms with Crippen molar-refractivity contribution in [1.29, 1.82) is 0 Å². The van der Waals surface area contributed by atoms with Crippen LogP contribution >= 0.6 is 35.0 Å². The molecule has 6 nitrogen and oxygen atoms in total. The van der Waals surface area contributed by atoms with Gasteiger partial charge in [-0.1, -0.05) is 41.0 Å². The molecule has 1 aromatic heterocycles. The first-order valence-electron chi connectivity index (χ1n) is 9.79. The Morgan fingerprint density at radius 3 is 2.55 bits per heavy atom. The van der Waals surface area contributed by atoms with Crippen molar-refractivity contribution < 1.29 is 9.53 Å². The zero-order valence-corrected chi connectivity index (χ0v) is 20.2. The van der Waals surface area contributed by atoms with E-state index in [4.69, 9.17) is 27.9 Å². The third-order valence-corrected chi connectivity index (χ3v) is 6.73. The van der Waals surface area contributed by atoms with Gasteiger partial charge in [0.1, 0.15) is 12.4 Å². The zero-order valence-electron chi connectivity index (χ0n) is 17.8. The number of hydrogen-bond acceptors (Lipinski definition) is 5. The van der Waals surface area contributed by atoms with Crippen molar-refractivity contribution in [2.24, 2.45) is 0 Å². The summed E-state index contributed by atoms with van der Waals surface area (Å²) >= 11 is 13.7. The first kappa shape index (κ1) is 23.4. The number of amides is 1. The number of thioether (sulfide) groups is 1. The quantitative estimate of drug-likeness (QED) is 0.411. The van der Waals surface area contributed by atoms with E-state index in [1.54, 1.807) is 6.07 Å². The largest absolute Gasteiger partial charge is 0.486 e. The summed E-state index contributed by atoms with van der Waals surface area (Å²) in [5, 5.41) is 13.4. The number of aromatic nitrogens is 3. The molecule has 31 heavy (non-hydrogen) atoms. The molecule has 164 valence electrons. The summed E-state index contributed by atoms with van der Waals surface area (Å²) in [6.07, 6.45) is 0. The van der Waals surface area contributed by atoms with Gasteiger partial charge in [0.25, 0.3) is 0 Å². The smallest absolute Gasteiger partial charge is 0.234 e. The third-order valence-electron chi connectivity index (χ3n) is 4.76.